The number of methoxy groups -OCH3 is 1. The number of quaternary nitrogens is 1. The number of hydrogen-bond acceptors (Lipinski definition) is 3. The molecule has 0 radical (unpaired) electrons. The number of fused-ring (bicyclic) bond motifs is 1. The molecule has 0 aliphatic heterocycles. The Bertz CT molecular complexity index is 644. The third kappa shape index (κ3) is 4.10. The van der Waals surface area contributed by atoms with Crippen molar-refractivity contribution in [1.82, 2.24) is 4.98 Å². The van der Waals surface area contributed by atoms with E-state index in [1.54, 1.807) is 12.3 Å². The van der Waals surface area contributed by atoms with Crippen molar-refractivity contribution in [2.75, 3.05) is 28.3 Å². The second-order valence-corrected chi connectivity index (χ2v) is 6.00. The van der Waals surface area contributed by atoms with Crippen LogP contribution in [0.25, 0.3) is 10.9 Å². The fraction of sp³-hybridized carbons (Fsp3) is 0.400. The molecule has 2 aromatic rings. The van der Waals surface area contributed by atoms with Gasteiger partial charge in [0.2, 0.25) is 0 Å². The van der Waals surface area contributed by atoms with Crippen LogP contribution in [0.15, 0.2) is 18.3 Å². The van der Waals surface area contributed by atoms with Crippen molar-refractivity contribution >= 4 is 16.9 Å². The van der Waals surface area contributed by atoms with Crippen LogP contribution < -0.4 is 24.0 Å². The molecule has 0 bridgehead atoms. The average molecular weight is 404 g/mol. The molecule has 0 unspecified atom stereocenters. The summed E-state index contributed by atoms with van der Waals surface area (Å²) in [4.78, 5) is 14.6. The van der Waals surface area contributed by atoms with Crippen molar-refractivity contribution in [3.8, 4) is 5.75 Å². The van der Waals surface area contributed by atoms with Gasteiger partial charge in [-0.25, -0.2) is 0 Å². The summed E-state index contributed by atoms with van der Waals surface area (Å²) in [6.45, 7) is 0.676. The minimum Gasteiger partial charge on any atom is -1.00 e. The van der Waals surface area contributed by atoms with Gasteiger partial charge in [-0.3, -0.25) is 4.79 Å². The number of halogens is 1. The number of phenols is 1. The van der Waals surface area contributed by atoms with Gasteiger partial charge in [-0.15, -0.1) is 0 Å². The van der Waals surface area contributed by atoms with Crippen molar-refractivity contribution in [3.63, 3.8) is 0 Å². The number of carbonyl (C=O) groups is 1. The smallest absolute Gasteiger partial charge is 0.310 e. The maximum Gasteiger partial charge on any atom is 0.310 e. The molecule has 0 atom stereocenters. The molecule has 6 heteroatoms. The van der Waals surface area contributed by atoms with Crippen LogP contribution in [0.1, 0.15) is 11.1 Å². The number of H-pyrrole nitrogens is 1. The Kier molecular flexibility index (Phi) is 5.63. The Morgan fingerprint density at radius 2 is 2.00 bits per heavy atom. The van der Waals surface area contributed by atoms with Crippen molar-refractivity contribution in [2.45, 2.75) is 13.0 Å². The highest BCUT2D eigenvalue weighted by molar-refractivity contribution is 5.91. The SMILES string of the molecule is COC(=O)Cc1c[nH]c2ccc(O)c(C[N+](C)(C)C)c12.[I-]. The number of rotatable bonds is 4. The van der Waals surface area contributed by atoms with E-state index in [0.717, 1.165) is 22.0 Å². The normalized spacial score (nSPS) is 11.2. The summed E-state index contributed by atoms with van der Waals surface area (Å²) in [6.07, 6.45) is 2.00. The largest absolute Gasteiger partial charge is 1.00 e. The summed E-state index contributed by atoms with van der Waals surface area (Å²) < 4.78 is 5.41. The van der Waals surface area contributed by atoms with Gasteiger partial charge in [-0.05, 0) is 17.7 Å². The molecule has 1 aromatic heterocycles. The first-order valence-electron chi connectivity index (χ1n) is 6.50. The third-order valence-corrected chi connectivity index (χ3v) is 3.21. The first kappa shape index (κ1) is 17.8. The zero-order chi connectivity index (χ0) is 14.9. The average Bonchev–Trinajstić information content (AvgIpc) is 2.75. The molecule has 0 amide bonds. The van der Waals surface area contributed by atoms with E-state index < -0.39 is 0 Å². The van der Waals surface area contributed by atoms with E-state index in [-0.39, 0.29) is 42.1 Å². The predicted octanol–water partition coefficient (Wildman–Crippen LogP) is -1.20. The molecule has 0 aliphatic carbocycles. The van der Waals surface area contributed by atoms with E-state index in [0.29, 0.717) is 11.0 Å². The molecule has 0 fully saturated rings. The highest BCUT2D eigenvalue weighted by atomic mass is 127. The standard InChI is InChI=1S/C15H20N2O3.HI/c1-17(2,3)9-11-13(18)6-5-12-15(11)10(8-16-12)7-14(19)20-4;/h5-6,8,16H,7,9H2,1-4H3;1H. The van der Waals surface area contributed by atoms with Gasteiger partial charge in [0.15, 0.2) is 0 Å². The fourth-order valence-corrected chi connectivity index (χ4v) is 2.36. The van der Waals surface area contributed by atoms with Gasteiger partial charge in [0.05, 0.1) is 40.2 Å². The fourth-order valence-electron chi connectivity index (χ4n) is 2.36. The Balaban J connectivity index is 0.00000220. The number of benzene rings is 1. The summed E-state index contributed by atoms with van der Waals surface area (Å²) in [6, 6.07) is 3.51. The van der Waals surface area contributed by atoms with E-state index in [1.165, 1.54) is 7.11 Å². The number of nitrogens with zero attached hydrogens (tertiary/aromatic N) is 1. The van der Waals surface area contributed by atoms with Gasteiger partial charge in [0, 0.05) is 17.1 Å². The van der Waals surface area contributed by atoms with Gasteiger partial charge in [-0.1, -0.05) is 0 Å². The van der Waals surface area contributed by atoms with E-state index in [1.807, 2.05) is 6.07 Å². The minimum absolute atomic E-state index is 0. The molecule has 2 N–H and O–H groups in total. The number of phenolic OH excluding ortho intramolecular Hbond substituents is 1. The Morgan fingerprint density at radius 3 is 2.57 bits per heavy atom. The number of hydrogen-bond donors (Lipinski definition) is 2. The van der Waals surface area contributed by atoms with Crippen molar-refractivity contribution in [2.24, 2.45) is 0 Å². The van der Waals surface area contributed by atoms with Crippen LogP contribution in [-0.2, 0) is 22.5 Å². The Hall–Kier alpha value is -1.28. The lowest BCUT2D eigenvalue weighted by atomic mass is 10.0. The minimum atomic E-state index is -0.287. The van der Waals surface area contributed by atoms with Crippen LogP contribution in [0.3, 0.4) is 0 Å². The molecule has 0 spiro atoms. The van der Waals surface area contributed by atoms with Crippen LogP contribution >= 0.6 is 0 Å². The van der Waals surface area contributed by atoms with E-state index in [9.17, 15) is 9.90 Å². The topological polar surface area (TPSA) is 62.3 Å². The number of aromatic hydroxyl groups is 1. The first-order chi connectivity index (χ1) is 9.31. The zero-order valence-corrected chi connectivity index (χ0v) is 14.9. The van der Waals surface area contributed by atoms with Crippen molar-refractivity contribution in [1.29, 1.82) is 0 Å². The van der Waals surface area contributed by atoms with Gasteiger partial charge < -0.3 is 43.3 Å². The van der Waals surface area contributed by atoms with Crippen molar-refractivity contribution in [3.05, 3.63) is 29.5 Å². The van der Waals surface area contributed by atoms with E-state index >= 15 is 0 Å². The second kappa shape index (κ2) is 6.65. The van der Waals surface area contributed by atoms with Crippen LogP contribution in [0, 0.1) is 0 Å². The van der Waals surface area contributed by atoms with Crippen molar-refractivity contribution < 1.29 is 43.1 Å². The van der Waals surface area contributed by atoms with Crippen LogP contribution in [0.4, 0.5) is 0 Å². The molecule has 1 aromatic carbocycles. The van der Waals surface area contributed by atoms with Gasteiger partial charge in [0.25, 0.3) is 0 Å². The molecule has 116 valence electrons. The quantitative estimate of drug-likeness (QED) is 0.383. The summed E-state index contributed by atoms with van der Waals surface area (Å²) in [5.74, 6) is -0.0262. The lowest BCUT2D eigenvalue weighted by Crippen LogP contribution is -3.00. The first-order valence-corrected chi connectivity index (χ1v) is 6.50. The lowest BCUT2D eigenvalue weighted by molar-refractivity contribution is -0.883. The third-order valence-electron chi connectivity index (χ3n) is 3.21. The molecule has 2 rings (SSSR count). The second-order valence-electron chi connectivity index (χ2n) is 6.00. The highest BCUT2D eigenvalue weighted by Gasteiger charge is 2.20. The zero-order valence-electron chi connectivity index (χ0n) is 12.7. The Morgan fingerprint density at radius 1 is 1.33 bits per heavy atom. The highest BCUT2D eigenvalue weighted by Crippen LogP contribution is 2.31. The molecule has 0 saturated heterocycles. The van der Waals surface area contributed by atoms with Crippen LogP contribution in [0.2, 0.25) is 0 Å². The molecule has 1 heterocycles. The predicted molar refractivity (Wildman–Crippen MR) is 77.4 cm³/mol. The summed E-state index contributed by atoms with van der Waals surface area (Å²) >= 11 is 0. The maximum absolute atomic E-state index is 11.5. The van der Waals surface area contributed by atoms with Crippen LogP contribution in [0.5, 0.6) is 5.75 Å². The van der Waals surface area contributed by atoms with Gasteiger partial charge in [-0.2, -0.15) is 0 Å². The van der Waals surface area contributed by atoms with E-state index in [4.69, 9.17) is 4.74 Å². The number of aromatic amines is 1. The number of esters is 1. The number of ether oxygens (including phenoxy) is 1. The molecular formula is C15H21IN2O3. The number of aromatic nitrogens is 1. The number of nitrogens with one attached hydrogen (secondary N) is 1. The molecule has 5 nitrogen and oxygen atoms in total. The summed E-state index contributed by atoms with van der Waals surface area (Å²) in [5.41, 5.74) is 2.63. The van der Waals surface area contributed by atoms with Crippen LogP contribution in [-0.4, -0.2) is 48.8 Å². The van der Waals surface area contributed by atoms with Gasteiger partial charge in [0.1, 0.15) is 12.3 Å². The van der Waals surface area contributed by atoms with Gasteiger partial charge >= 0.3 is 5.97 Å². The van der Waals surface area contributed by atoms with E-state index in [2.05, 4.69) is 26.1 Å². The number of carbonyl (C=O) groups excluding carboxylic acids is 1. The molecule has 0 saturated carbocycles. The molecule has 0 aliphatic rings. The summed E-state index contributed by atoms with van der Waals surface area (Å²) in [7, 11) is 7.56. The monoisotopic (exact) mass is 404 g/mol. The molecular weight excluding hydrogens is 383 g/mol. The maximum atomic E-state index is 11.5. The molecule has 21 heavy (non-hydrogen) atoms. The Labute approximate surface area is 141 Å². The lowest BCUT2D eigenvalue weighted by Gasteiger charge is -2.25. The summed E-state index contributed by atoms with van der Waals surface area (Å²) in [5, 5.41) is 11.1.